The Morgan fingerprint density at radius 2 is 1.94 bits per heavy atom. The molecule has 0 N–H and O–H groups in total. The number of rotatable bonds is 0. The molecular formula is C12H19F2NO3. The summed E-state index contributed by atoms with van der Waals surface area (Å²) in [5.41, 5.74) is -1.73. The number of hydrogen-bond donors (Lipinski definition) is 0. The summed E-state index contributed by atoms with van der Waals surface area (Å²) in [6, 6.07) is 0. The van der Waals surface area contributed by atoms with E-state index in [4.69, 9.17) is 9.47 Å². The summed E-state index contributed by atoms with van der Waals surface area (Å²) < 4.78 is 38.1. The van der Waals surface area contributed by atoms with Gasteiger partial charge in [-0.25, -0.2) is 13.6 Å². The first kappa shape index (κ1) is 13.5. The summed E-state index contributed by atoms with van der Waals surface area (Å²) in [5.74, 6) is -2.90. The Morgan fingerprint density at radius 3 is 2.33 bits per heavy atom. The highest BCUT2D eigenvalue weighted by atomic mass is 19.3. The average Bonchev–Trinajstić information content (AvgIpc) is 2.10. The predicted octanol–water partition coefficient (Wildman–Crippen LogP) is 2.28. The van der Waals surface area contributed by atoms with Gasteiger partial charge in [0.05, 0.1) is 25.2 Å². The summed E-state index contributed by atoms with van der Waals surface area (Å²) in [5, 5.41) is 0. The summed E-state index contributed by atoms with van der Waals surface area (Å²) in [6.45, 7) is 5.04. The zero-order valence-electron chi connectivity index (χ0n) is 11.0. The van der Waals surface area contributed by atoms with E-state index in [2.05, 4.69) is 0 Å². The van der Waals surface area contributed by atoms with Crippen LogP contribution in [0, 0.1) is 5.41 Å². The zero-order valence-corrected chi connectivity index (χ0v) is 11.0. The van der Waals surface area contributed by atoms with Crippen molar-refractivity contribution in [1.29, 1.82) is 0 Å². The number of piperidine rings is 1. The van der Waals surface area contributed by atoms with Crippen LogP contribution in [-0.2, 0) is 9.47 Å². The molecule has 6 heteroatoms. The van der Waals surface area contributed by atoms with Crippen LogP contribution >= 0.6 is 0 Å². The third kappa shape index (κ3) is 2.30. The molecule has 2 fully saturated rings. The number of ether oxygens (including phenoxy) is 2. The Hall–Kier alpha value is -0.910. The molecule has 104 valence electrons. The van der Waals surface area contributed by atoms with Gasteiger partial charge in [-0.2, -0.15) is 0 Å². The topological polar surface area (TPSA) is 38.8 Å². The molecule has 1 spiro atoms. The van der Waals surface area contributed by atoms with Crippen molar-refractivity contribution in [1.82, 2.24) is 4.90 Å². The first-order valence-corrected chi connectivity index (χ1v) is 6.09. The minimum atomic E-state index is -2.90. The van der Waals surface area contributed by atoms with Gasteiger partial charge in [0.2, 0.25) is 0 Å². The van der Waals surface area contributed by atoms with Gasteiger partial charge in [0.15, 0.2) is 0 Å². The molecule has 2 heterocycles. The van der Waals surface area contributed by atoms with Crippen LogP contribution in [0.1, 0.15) is 27.2 Å². The van der Waals surface area contributed by atoms with E-state index in [-0.39, 0.29) is 19.6 Å². The Kier molecular flexibility index (Phi) is 3.04. The normalized spacial score (nSPS) is 25.7. The molecule has 2 aliphatic rings. The monoisotopic (exact) mass is 263 g/mol. The number of nitrogens with zero attached hydrogens (tertiary/aromatic N) is 1. The lowest BCUT2D eigenvalue weighted by Gasteiger charge is -2.51. The van der Waals surface area contributed by atoms with E-state index >= 15 is 0 Å². The van der Waals surface area contributed by atoms with E-state index in [1.807, 2.05) is 0 Å². The largest absolute Gasteiger partial charge is 0.444 e. The van der Waals surface area contributed by atoms with E-state index in [0.717, 1.165) is 4.90 Å². The van der Waals surface area contributed by atoms with Crippen LogP contribution in [0.3, 0.4) is 0 Å². The van der Waals surface area contributed by atoms with Crippen molar-refractivity contribution >= 4 is 6.09 Å². The summed E-state index contributed by atoms with van der Waals surface area (Å²) in [6.07, 6.45) is -0.406. The van der Waals surface area contributed by atoms with Gasteiger partial charge in [0.1, 0.15) is 5.60 Å². The van der Waals surface area contributed by atoms with Gasteiger partial charge in [-0.3, -0.25) is 0 Å². The van der Waals surface area contributed by atoms with Crippen molar-refractivity contribution in [3.05, 3.63) is 0 Å². The van der Waals surface area contributed by atoms with Crippen LogP contribution in [-0.4, -0.2) is 48.8 Å². The Bertz CT molecular complexity index is 348. The van der Waals surface area contributed by atoms with E-state index in [9.17, 15) is 13.6 Å². The van der Waals surface area contributed by atoms with Crippen LogP contribution in [0.2, 0.25) is 0 Å². The number of likely N-dealkylation sites (tertiary alicyclic amines) is 1. The highest BCUT2D eigenvalue weighted by Crippen LogP contribution is 2.48. The fourth-order valence-electron chi connectivity index (χ4n) is 2.20. The highest BCUT2D eigenvalue weighted by Gasteiger charge is 2.61. The first-order chi connectivity index (χ1) is 8.15. The molecule has 0 saturated carbocycles. The standard InChI is InChI=1S/C12H19F2NO3/c1-10(2,3)18-9(16)15-5-4-11(7-17-8-11)12(13,14)6-15/h4-8H2,1-3H3. The van der Waals surface area contributed by atoms with Crippen molar-refractivity contribution in [2.45, 2.75) is 38.7 Å². The van der Waals surface area contributed by atoms with E-state index in [0.29, 0.717) is 6.54 Å². The lowest BCUT2D eigenvalue weighted by Crippen LogP contribution is -2.65. The maximum atomic E-state index is 14.0. The highest BCUT2D eigenvalue weighted by molar-refractivity contribution is 5.68. The third-order valence-corrected chi connectivity index (χ3v) is 3.43. The smallest absolute Gasteiger partial charge is 0.410 e. The molecule has 0 aromatic heterocycles. The molecule has 0 unspecified atom stereocenters. The molecule has 0 atom stereocenters. The fraction of sp³-hybridized carbons (Fsp3) is 0.917. The minimum Gasteiger partial charge on any atom is -0.444 e. The predicted molar refractivity (Wildman–Crippen MR) is 60.6 cm³/mol. The molecule has 4 nitrogen and oxygen atoms in total. The summed E-state index contributed by atoms with van der Waals surface area (Å²) >= 11 is 0. The first-order valence-electron chi connectivity index (χ1n) is 6.09. The second-order valence-corrected chi connectivity index (χ2v) is 6.13. The van der Waals surface area contributed by atoms with Crippen LogP contribution in [0.15, 0.2) is 0 Å². The van der Waals surface area contributed by atoms with Crippen molar-refractivity contribution in [3.63, 3.8) is 0 Å². The minimum absolute atomic E-state index is 0.0855. The van der Waals surface area contributed by atoms with Gasteiger partial charge in [0.25, 0.3) is 5.92 Å². The SMILES string of the molecule is CC(C)(C)OC(=O)N1CCC2(COC2)C(F)(F)C1. The van der Waals surface area contributed by atoms with Crippen molar-refractivity contribution < 1.29 is 23.0 Å². The number of amides is 1. The van der Waals surface area contributed by atoms with Crippen molar-refractivity contribution in [2.24, 2.45) is 5.41 Å². The maximum Gasteiger partial charge on any atom is 0.410 e. The molecule has 2 aliphatic heterocycles. The zero-order chi connectivity index (χ0) is 13.6. The summed E-state index contributed by atoms with van der Waals surface area (Å²) in [7, 11) is 0. The molecule has 2 rings (SSSR count). The Morgan fingerprint density at radius 1 is 1.33 bits per heavy atom. The molecular weight excluding hydrogens is 244 g/mol. The summed E-state index contributed by atoms with van der Waals surface area (Å²) in [4.78, 5) is 12.9. The maximum absolute atomic E-state index is 14.0. The Balaban J connectivity index is 2.00. The van der Waals surface area contributed by atoms with E-state index < -0.39 is 29.6 Å². The fourth-order valence-corrected chi connectivity index (χ4v) is 2.20. The second-order valence-electron chi connectivity index (χ2n) is 6.13. The van der Waals surface area contributed by atoms with Crippen molar-refractivity contribution in [3.8, 4) is 0 Å². The quantitative estimate of drug-likeness (QED) is 0.673. The van der Waals surface area contributed by atoms with Gasteiger partial charge in [-0.05, 0) is 27.2 Å². The lowest BCUT2D eigenvalue weighted by molar-refractivity contribution is -0.265. The van der Waals surface area contributed by atoms with E-state index in [1.54, 1.807) is 20.8 Å². The molecule has 0 bridgehead atoms. The number of halogens is 2. The Labute approximate surface area is 105 Å². The number of alkyl halides is 2. The number of hydrogen-bond acceptors (Lipinski definition) is 3. The van der Waals surface area contributed by atoms with Gasteiger partial charge in [-0.1, -0.05) is 0 Å². The van der Waals surface area contributed by atoms with Crippen LogP contribution < -0.4 is 0 Å². The van der Waals surface area contributed by atoms with Crippen LogP contribution in [0.4, 0.5) is 13.6 Å². The van der Waals surface area contributed by atoms with Crippen LogP contribution in [0.5, 0.6) is 0 Å². The molecule has 0 aromatic carbocycles. The number of carbonyl (C=O) groups is 1. The molecule has 0 radical (unpaired) electrons. The third-order valence-electron chi connectivity index (χ3n) is 3.43. The molecule has 2 saturated heterocycles. The average molecular weight is 263 g/mol. The van der Waals surface area contributed by atoms with Gasteiger partial charge in [0, 0.05) is 6.54 Å². The van der Waals surface area contributed by atoms with Crippen LogP contribution in [0.25, 0.3) is 0 Å². The van der Waals surface area contributed by atoms with Gasteiger partial charge < -0.3 is 14.4 Å². The van der Waals surface area contributed by atoms with E-state index in [1.165, 1.54) is 0 Å². The lowest BCUT2D eigenvalue weighted by atomic mass is 9.73. The van der Waals surface area contributed by atoms with Gasteiger partial charge >= 0.3 is 6.09 Å². The molecule has 0 aromatic rings. The molecule has 18 heavy (non-hydrogen) atoms. The second kappa shape index (κ2) is 4.05. The molecule has 0 aliphatic carbocycles. The van der Waals surface area contributed by atoms with Gasteiger partial charge in [-0.15, -0.1) is 0 Å². The number of carbonyl (C=O) groups excluding carboxylic acids is 1. The van der Waals surface area contributed by atoms with Crippen molar-refractivity contribution in [2.75, 3.05) is 26.3 Å². The molecule has 1 amide bonds.